The molecule has 3 aromatic carbocycles. The number of hydrogen-bond acceptors (Lipinski definition) is 1. The van der Waals surface area contributed by atoms with Crippen molar-refractivity contribution < 1.29 is 4.74 Å². The SMILES string of the molecule is C/C=C(/c1ccccc1)c1c(OC)ccc2cc(Br)ccc12. The molecule has 0 heterocycles. The Morgan fingerprint density at radius 3 is 2.45 bits per heavy atom. The lowest BCUT2D eigenvalue weighted by Gasteiger charge is -2.16. The number of benzene rings is 3. The van der Waals surface area contributed by atoms with Crippen LogP contribution in [0.1, 0.15) is 18.1 Å². The summed E-state index contributed by atoms with van der Waals surface area (Å²) in [4.78, 5) is 0. The first-order chi connectivity index (χ1) is 10.7. The predicted octanol–water partition coefficient (Wildman–Crippen LogP) is 6.06. The molecule has 3 aromatic rings. The van der Waals surface area contributed by atoms with Crippen molar-refractivity contribution in [2.45, 2.75) is 6.92 Å². The topological polar surface area (TPSA) is 9.23 Å². The summed E-state index contributed by atoms with van der Waals surface area (Å²) in [6.45, 7) is 2.07. The summed E-state index contributed by atoms with van der Waals surface area (Å²) in [5.41, 5.74) is 3.52. The standard InChI is InChI=1S/C20H17BrO/c1-3-17(14-7-5-4-6-8-14)20-18-11-10-16(21)13-15(18)9-12-19(20)22-2/h3-13H,1-2H3/b17-3-. The van der Waals surface area contributed by atoms with Gasteiger partial charge in [-0.1, -0.05) is 64.5 Å². The van der Waals surface area contributed by atoms with Crippen LogP contribution in [0.25, 0.3) is 16.3 Å². The van der Waals surface area contributed by atoms with E-state index in [9.17, 15) is 0 Å². The average Bonchev–Trinajstić information content (AvgIpc) is 2.56. The summed E-state index contributed by atoms with van der Waals surface area (Å²) in [6, 6.07) is 20.9. The number of allylic oxidation sites excluding steroid dienone is 1. The van der Waals surface area contributed by atoms with Gasteiger partial charge in [0.1, 0.15) is 5.75 Å². The summed E-state index contributed by atoms with van der Waals surface area (Å²) in [7, 11) is 1.72. The first-order valence-corrected chi connectivity index (χ1v) is 8.02. The molecule has 0 aliphatic rings. The Morgan fingerprint density at radius 2 is 1.77 bits per heavy atom. The average molecular weight is 353 g/mol. The van der Waals surface area contributed by atoms with Crippen LogP contribution in [0.5, 0.6) is 5.75 Å². The molecule has 2 heteroatoms. The first-order valence-electron chi connectivity index (χ1n) is 7.23. The summed E-state index contributed by atoms with van der Waals surface area (Å²) in [5.74, 6) is 0.895. The van der Waals surface area contributed by atoms with Crippen LogP contribution in [0, 0.1) is 0 Å². The minimum atomic E-state index is 0.895. The van der Waals surface area contributed by atoms with Gasteiger partial charge in [-0.25, -0.2) is 0 Å². The van der Waals surface area contributed by atoms with E-state index >= 15 is 0 Å². The van der Waals surface area contributed by atoms with Crippen molar-refractivity contribution in [1.82, 2.24) is 0 Å². The molecule has 0 atom stereocenters. The van der Waals surface area contributed by atoms with Crippen LogP contribution in [0.4, 0.5) is 0 Å². The minimum Gasteiger partial charge on any atom is -0.496 e. The van der Waals surface area contributed by atoms with Crippen LogP contribution < -0.4 is 4.74 Å². The second-order valence-corrected chi connectivity index (χ2v) is 5.99. The van der Waals surface area contributed by atoms with Crippen molar-refractivity contribution in [3.05, 3.63) is 82.3 Å². The number of ether oxygens (including phenoxy) is 1. The highest BCUT2D eigenvalue weighted by atomic mass is 79.9. The normalized spacial score (nSPS) is 11.7. The maximum absolute atomic E-state index is 5.64. The highest BCUT2D eigenvalue weighted by Gasteiger charge is 2.14. The zero-order valence-electron chi connectivity index (χ0n) is 12.6. The van der Waals surface area contributed by atoms with E-state index in [1.54, 1.807) is 7.11 Å². The van der Waals surface area contributed by atoms with Gasteiger partial charge in [-0.15, -0.1) is 0 Å². The number of hydrogen-bond donors (Lipinski definition) is 0. The van der Waals surface area contributed by atoms with Crippen molar-refractivity contribution in [3.63, 3.8) is 0 Å². The van der Waals surface area contributed by atoms with E-state index in [4.69, 9.17) is 4.74 Å². The molecule has 1 nitrogen and oxygen atoms in total. The first kappa shape index (κ1) is 14.9. The Morgan fingerprint density at radius 1 is 1.00 bits per heavy atom. The van der Waals surface area contributed by atoms with E-state index in [1.807, 2.05) is 12.1 Å². The molecule has 0 N–H and O–H groups in total. The van der Waals surface area contributed by atoms with Gasteiger partial charge >= 0.3 is 0 Å². The Bertz CT molecular complexity index is 835. The van der Waals surface area contributed by atoms with E-state index in [2.05, 4.69) is 77.5 Å². The molecule has 0 saturated carbocycles. The van der Waals surface area contributed by atoms with Crippen LogP contribution >= 0.6 is 15.9 Å². The van der Waals surface area contributed by atoms with Gasteiger partial charge in [-0.2, -0.15) is 0 Å². The molecule has 0 bridgehead atoms. The van der Waals surface area contributed by atoms with E-state index in [-0.39, 0.29) is 0 Å². The molecule has 3 rings (SSSR count). The quantitative estimate of drug-likeness (QED) is 0.556. The Balaban J connectivity index is 2.32. The Hall–Kier alpha value is -2.06. The maximum Gasteiger partial charge on any atom is 0.127 e. The largest absolute Gasteiger partial charge is 0.496 e. The fourth-order valence-corrected chi connectivity index (χ4v) is 3.18. The van der Waals surface area contributed by atoms with Gasteiger partial charge in [-0.3, -0.25) is 0 Å². The summed E-state index contributed by atoms with van der Waals surface area (Å²) in [6.07, 6.45) is 2.15. The van der Waals surface area contributed by atoms with Crippen molar-refractivity contribution in [1.29, 1.82) is 0 Å². The van der Waals surface area contributed by atoms with Crippen LogP contribution in [0.3, 0.4) is 0 Å². The lowest BCUT2D eigenvalue weighted by molar-refractivity contribution is 0.414. The number of fused-ring (bicyclic) bond motifs is 1. The molecule has 0 aliphatic heterocycles. The lowest BCUT2D eigenvalue weighted by Crippen LogP contribution is -1.95. The molecule has 0 aliphatic carbocycles. The third kappa shape index (κ3) is 2.67. The van der Waals surface area contributed by atoms with Gasteiger partial charge in [0.25, 0.3) is 0 Å². The van der Waals surface area contributed by atoms with Gasteiger partial charge in [-0.05, 0) is 47.0 Å². The molecular weight excluding hydrogens is 336 g/mol. The van der Waals surface area contributed by atoms with E-state index in [0.717, 1.165) is 15.8 Å². The van der Waals surface area contributed by atoms with Crippen LogP contribution in [-0.2, 0) is 0 Å². The molecule has 0 fully saturated rings. The van der Waals surface area contributed by atoms with Crippen molar-refractivity contribution in [2.24, 2.45) is 0 Å². The summed E-state index contributed by atoms with van der Waals surface area (Å²) < 4.78 is 6.72. The molecule has 0 spiro atoms. The highest BCUT2D eigenvalue weighted by molar-refractivity contribution is 9.10. The monoisotopic (exact) mass is 352 g/mol. The van der Waals surface area contributed by atoms with E-state index in [1.165, 1.54) is 21.9 Å². The van der Waals surface area contributed by atoms with E-state index in [0.29, 0.717) is 0 Å². The highest BCUT2D eigenvalue weighted by Crippen LogP contribution is 2.37. The number of rotatable bonds is 3. The molecule has 0 saturated heterocycles. The second-order valence-electron chi connectivity index (χ2n) is 5.08. The van der Waals surface area contributed by atoms with Gasteiger partial charge in [0.2, 0.25) is 0 Å². The van der Waals surface area contributed by atoms with Crippen molar-refractivity contribution >= 4 is 32.3 Å². The van der Waals surface area contributed by atoms with Crippen LogP contribution in [0.15, 0.2) is 71.2 Å². The zero-order valence-corrected chi connectivity index (χ0v) is 14.2. The molecule has 0 unspecified atom stereocenters. The molecule has 110 valence electrons. The van der Waals surface area contributed by atoms with Gasteiger partial charge < -0.3 is 4.74 Å². The molecule has 0 amide bonds. The smallest absolute Gasteiger partial charge is 0.127 e. The third-order valence-electron chi connectivity index (χ3n) is 3.81. The molecule has 22 heavy (non-hydrogen) atoms. The summed E-state index contributed by atoms with van der Waals surface area (Å²) in [5, 5.41) is 2.39. The second kappa shape index (κ2) is 6.37. The van der Waals surface area contributed by atoms with Crippen molar-refractivity contribution in [3.8, 4) is 5.75 Å². The fraction of sp³-hybridized carbons (Fsp3) is 0.100. The summed E-state index contributed by atoms with van der Waals surface area (Å²) >= 11 is 3.55. The predicted molar refractivity (Wildman–Crippen MR) is 97.4 cm³/mol. The Kier molecular flexibility index (Phi) is 4.30. The van der Waals surface area contributed by atoms with Crippen LogP contribution in [0.2, 0.25) is 0 Å². The number of halogens is 1. The Labute approximate surface area is 139 Å². The molecule has 0 aromatic heterocycles. The minimum absolute atomic E-state index is 0.895. The molecule has 0 radical (unpaired) electrons. The molecular formula is C20H17BrO. The van der Waals surface area contributed by atoms with Crippen LogP contribution in [-0.4, -0.2) is 7.11 Å². The van der Waals surface area contributed by atoms with Gasteiger partial charge in [0, 0.05) is 10.0 Å². The number of methoxy groups -OCH3 is 1. The van der Waals surface area contributed by atoms with Gasteiger partial charge in [0.05, 0.1) is 7.11 Å². The van der Waals surface area contributed by atoms with Gasteiger partial charge in [0.15, 0.2) is 0 Å². The maximum atomic E-state index is 5.64. The van der Waals surface area contributed by atoms with Crippen molar-refractivity contribution in [2.75, 3.05) is 7.11 Å². The third-order valence-corrected chi connectivity index (χ3v) is 4.30. The lowest BCUT2D eigenvalue weighted by atomic mass is 9.92. The fourth-order valence-electron chi connectivity index (χ4n) is 2.80. The van der Waals surface area contributed by atoms with E-state index < -0.39 is 0 Å². The zero-order chi connectivity index (χ0) is 15.5.